The fourth-order valence-electron chi connectivity index (χ4n) is 3.71. The molecule has 130 valence electrons. The average molecular weight is 356 g/mol. The molecule has 5 heteroatoms. The zero-order valence-electron chi connectivity index (χ0n) is 14.1. The van der Waals surface area contributed by atoms with Gasteiger partial charge in [-0.05, 0) is 31.0 Å². The second-order valence-corrected chi connectivity index (χ2v) is 7.10. The maximum absolute atomic E-state index is 10.9. The van der Waals surface area contributed by atoms with Gasteiger partial charge in [0.15, 0.2) is 0 Å². The highest BCUT2D eigenvalue weighted by Crippen LogP contribution is 2.20. The van der Waals surface area contributed by atoms with Crippen molar-refractivity contribution in [2.75, 3.05) is 19.6 Å². The lowest BCUT2D eigenvalue weighted by Gasteiger charge is -2.33. The van der Waals surface area contributed by atoms with Crippen LogP contribution < -0.4 is 10.6 Å². The number of rotatable bonds is 2. The molecule has 2 heterocycles. The van der Waals surface area contributed by atoms with Crippen LogP contribution in [0.5, 0.6) is 0 Å². The van der Waals surface area contributed by atoms with Crippen LogP contribution in [0.2, 0.25) is 5.02 Å². The Labute approximate surface area is 152 Å². The first-order valence-corrected chi connectivity index (χ1v) is 9.24. The van der Waals surface area contributed by atoms with E-state index in [2.05, 4.69) is 4.90 Å². The molecule has 1 saturated heterocycles. The van der Waals surface area contributed by atoms with Crippen molar-refractivity contribution in [3.63, 3.8) is 0 Å². The molecule has 2 aliphatic rings. The second-order valence-electron chi connectivity index (χ2n) is 6.66. The van der Waals surface area contributed by atoms with Crippen molar-refractivity contribution in [1.82, 2.24) is 9.96 Å². The van der Waals surface area contributed by atoms with Crippen LogP contribution in [0.1, 0.15) is 24.8 Å². The zero-order chi connectivity index (χ0) is 17.2. The third-order valence-electron chi connectivity index (χ3n) is 4.96. The van der Waals surface area contributed by atoms with Gasteiger partial charge in [0.25, 0.3) is 0 Å². The molecular weight excluding hydrogens is 334 g/mol. The second kappa shape index (κ2) is 7.16. The predicted molar refractivity (Wildman–Crippen MR) is 98.9 cm³/mol. The summed E-state index contributed by atoms with van der Waals surface area (Å²) in [6.45, 7) is 2.52. The van der Waals surface area contributed by atoms with Crippen LogP contribution in [0.25, 0.3) is 5.70 Å². The van der Waals surface area contributed by atoms with Crippen molar-refractivity contribution in [2.45, 2.75) is 25.4 Å². The van der Waals surface area contributed by atoms with Gasteiger partial charge in [0.2, 0.25) is 0 Å². The highest BCUT2D eigenvalue weighted by Gasteiger charge is 2.25. The number of hydrogen-bond donors (Lipinski definition) is 1. The van der Waals surface area contributed by atoms with E-state index in [1.54, 1.807) is 0 Å². The maximum atomic E-state index is 10.9. The van der Waals surface area contributed by atoms with Gasteiger partial charge >= 0.3 is 0 Å². The maximum Gasteiger partial charge on any atom is 0.123 e. The van der Waals surface area contributed by atoms with E-state index in [-0.39, 0.29) is 6.17 Å². The Morgan fingerprint density at radius 3 is 2.52 bits per heavy atom. The quantitative estimate of drug-likeness (QED) is 0.900. The topological polar surface area (TPSA) is 39.1 Å². The molecule has 1 unspecified atom stereocenters. The van der Waals surface area contributed by atoms with Gasteiger partial charge in [-0.3, -0.25) is 20.2 Å². The molecule has 0 aromatic heterocycles. The van der Waals surface area contributed by atoms with Gasteiger partial charge in [-0.2, -0.15) is 0 Å². The molecular formula is C20H22ClN3O. The van der Waals surface area contributed by atoms with Crippen molar-refractivity contribution in [2.24, 2.45) is 4.99 Å². The first-order chi connectivity index (χ1) is 12.2. The highest BCUT2D eigenvalue weighted by molar-refractivity contribution is 6.30. The minimum absolute atomic E-state index is 0.0496. The molecule has 1 N–H and O–H groups in total. The minimum Gasteiger partial charge on any atom is -0.288 e. The van der Waals surface area contributed by atoms with Crippen molar-refractivity contribution in [1.29, 1.82) is 0 Å². The predicted octanol–water partition coefficient (Wildman–Crippen LogP) is 2.63. The van der Waals surface area contributed by atoms with Crippen molar-refractivity contribution >= 4 is 17.3 Å². The number of likely N-dealkylation sites (tertiary alicyclic amines) is 1. The Morgan fingerprint density at radius 2 is 1.76 bits per heavy atom. The lowest BCUT2D eigenvalue weighted by Crippen LogP contribution is -2.44. The van der Waals surface area contributed by atoms with Gasteiger partial charge in [-0.1, -0.05) is 48.4 Å². The number of halogens is 1. The van der Waals surface area contributed by atoms with Crippen LogP contribution in [0.4, 0.5) is 0 Å². The summed E-state index contributed by atoms with van der Waals surface area (Å²) >= 11 is 6.25. The van der Waals surface area contributed by atoms with E-state index in [0.29, 0.717) is 11.6 Å². The first kappa shape index (κ1) is 16.6. The van der Waals surface area contributed by atoms with Crippen LogP contribution in [-0.2, 0) is 0 Å². The standard InChI is InChI=1S/C20H22ClN3O/c21-16-9-10-18-17(13-16)20(15-7-3-1-4-8-15)24(25)14-19(22-18)23-11-5-2-6-12-23/h1,3-4,7-10,13,19,25H,2,5-6,11-12,14H2. The van der Waals surface area contributed by atoms with E-state index >= 15 is 0 Å². The fraction of sp³-hybridized carbons (Fsp3) is 0.350. The number of hydroxylamine groups is 2. The van der Waals surface area contributed by atoms with E-state index in [4.69, 9.17) is 16.6 Å². The Morgan fingerprint density at radius 1 is 1.00 bits per heavy atom. The summed E-state index contributed by atoms with van der Waals surface area (Å²) in [5, 5.41) is 14.7. The first-order valence-electron chi connectivity index (χ1n) is 8.86. The molecule has 25 heavy (non-hydrogen) atoms. The van der Waals surface area contributed by atoms with E-state index in [1.165, 1.54) is 24.3 Å². The molecule has 0 spiro atoms. The third kappa shape index (κ3) is 3.43. The van der Waals surface area contributed by atoms with E-state index in [0.717, 1.165) is 34.9 Å². The average Bonchev–Trinajstić information content (AvgIpc) is 2.79. The minimum atomic E-state index is -0.0496. The van der Waals surface area contributed by atoms with E-state index < -0.39 is 0 Å². The number of fused-ring (bicyclic) bond motifs is 1. The molecule has 4 nitrogen and oxygen atoms in total. The lowest BCUT2D eigenvalue weighted by molar-refractivity contribution is -0.0482. The molecule has 0 saturated carbocycles. The smallest absolute Gasteiger partial charge is 0.123 e. The molecule has 0 aliphatic carbocycles. The van der Waals surface area contributed by atoms with Gasteiger partial charge in [-0.15, -0.1) is 0 Å². The summed E-state index contributed by atoms with van der Waals surface area (Å²) in [6.07, 6.45) is 3.62. The summed E-state index contributed by atoms with van der Waals surface area (Å²) < 4.78 is 0. The van der Waals surface area contributed by atoms with Crippen LogP contribution in [-0.4, -0.2) is 41.0 Å². The molecule has 0 amide bonds. The van der Waals surface area contributed by atoms with E-state index in [1.807, 2.05) is 48.5 Å². The number of benzene rings is 2. The molecule has 0 radical (unpaired) electrons. The Kier molecular flexibility index (Phi) is 4.75. The third-order valence-corrected chi connectivity index (χ3v) is 5.19. The van der Waals surface area contributed by atoms with Gasteiger partial charge in [0.1, 0.15) is 6.17 Å². The largest absolute Gasteiger partial charge is 0.288 e. The number of hydrogen-bond acceptors (Lipinski definition) is 4. The molecule has 1 atom stereocenters. The van der Waals surface area contributed by atoms with Gasteiger partial charge in [0, 0.05) is 28.9 Å². The van der Waals surface area contributed by atoms with Crippen LogP contribution in [0.3, 0.4) is 0 Å². The van der Waals surface area contributed by atoms with Crippen LogP contribution in [0.15, 0.2) is 53.5 Å². The molecule has 0 bridgehead atoms. The number of piperidine rings is 1. The van der Waals surface area contributed by atoms with Crippen LogP contribution >= 0.6 is 11.6 Å². The fourth-order valence-corrected chi connectivity index (χ4v) is 3.88. The van der Waals surface area contributed by atoms with Gasteiger partial charge < -0.3 is 0 Å². The molecule has 2 aromatic rings. The lowest BCUT2D eigenvalue weighted by atomic mass is 10.1. The Bertz CT molecular complexity index is 862. The summed E-state index contributed by atoms with van der Waals surface area (Å²) in [7, 11) is 0. The molecule has 4 rings (SSSR count). The summed E-state index contributed by atoms with van der Waals surface area (Å²) in [5.41, 5.74) is 1.73. The van der Waals surface area contributed by atoms with Crippen molar-refractivity contribution in [3.05, 3.63) is 69.7 Å². The summed E-state index contributed by atoms with van der Waals surface area (Å²) in [6, 6.07) is 15.7. The zero-order valence-corrected chi connectivity index (χ0v) is 14.9. The van der Waals surface area contributed by atoms with Crippen molar-refractivity contribution in [3.8, 4) is 0 Å². The molecule has 2 aromatic carbocycles. The SMILES string of the molecule is ON1CC(N2CCCCC2)N=c2ccc(Cl)cc2=C1c1ccccc1. The monoisotopic (exact) mass is 355 g/mol. The number of nitrogens with zero attached hydrogens (tertiary/aromatic N) is 3. The normalized spacial score (nSPS) is 21.4. The Balaban J connectivity index is 1.89. The Hall–Kier alpha value is -1.88. The highest BCUT2D eigenvalue weighted by atomic mass is 35.5. The summed E-state index contributed by atoms with van der Waals surface area (Å²) in [4.78, 5) is 7.35. The van der Waals surface area contributed by atoms with Gasteiger partial charge in [0.05, 0.1) is 17.6 Å². The molecule has 1 fully saturated rings. The van der Waals surface area contributed by atoms with Gasteiger partial charge in [-0.25, -0.2) is 0 Å². The molecule has 2 aliphatic heterocycles. The summed E-state index contributed by atoms with van der Waals surface area (Å²) in [5.74, 6) is 0. The van der Waals surface area contributed by atoms with Crippen molar-refractivity contribution < 1.29 is 5.21 Å². The van der Waals surface area contributed by atoms with E-state index in [9.17, 15) is 5.21 Å². The van der Waals surface area contributed by atoms with Crippen LogP contribution in [0, 0.1) is 0 Å².